The summed E-state index contributed by atoms with van der Waals surface area (Å²) in [6.45, 7) is 3.08. The van der Waals surface area contributed by atoms with E-state index in [1.807, 2.05) is 11.4 Å². The average Bonchev–Trinajstić information content (AvgIpc) is 2.64. The predicted molar refractivity (Wildman–Crippen MR) is 57.2 cm³/mol. The minimum Gasteiger partial charge on any atom is -0.326 e. The molecule has 0 amide bonds. The van der Waals surface area contributed by atoms with E-state index >= 15 is 0 Å². The maximum Gasteiger partial charge on any atom is 0.0558 e. The van der Waals surface area contributed by atoms with Crippen molar-refractivity contribution in [3.63, 3.8) is 0 Å². The molecule has 0 spiro atoms. The molecule has 1 aromatic heterocycles. The minimum atomic E-state index is 0.360. The molecule has 0 saturated carbocycles. The van der Waals surface area contributed by atoms with E-state index in [1.165, 1.54) is 4.88 Å². The normalized spacial score (nSPS) is 24.0. The molecule has 4 heteroatoms. The first-order chi connectivity index (χ1) is 6.25. The van der Waals surface area contributed by atoms with Crippen LogP contribution in [0.5, 0.6) is 0 Å². The van der Waals surface area contributed by atoms with Crippen molar-refractivity contribution in [3.05, 3.63) is 21.3 Å². The Morgan fingerprint density at radius 2 is 2.54 bits per heavy atom. The van der Waals surface area contributed by atoms with Crippen molar-refractivity contribution in [2.75, 3.05) is 13.1 Å². The first kappa shape index (κ1) is 9.46. The van der Waals surface area contributed by atoms with Crippen LogP contribution in [0.4, 0.5) is 0 Å². The van der Waals surface area contributed by atoms with Crippen molar-refractivity contribution >= 4 is 22.9 Å². The molecule has 13 heavy (non-hydrogen) atoms. The first-order valence-electron chi connectivity index (χ1n) is 4.45. The van der Waals surface area contributed by atoms with Gasteiger partial charge in [-0.25, -0.2) is 0 Å². The number of hydrogen-bond donors (Lipinski definition) is 1. The van der Waals surface area contributed by atoms with E-state index in [1.54, 1.807) is 11.3 Å². The molecular weight excluding hydrogens is 204 g/mol. The van der Waals surface area contributed by atoms with Crippen LogP contribution in [0, 0.1) is 0 Å². The minimum absolute atomic E-state index is 0.360. The fourth-order valence-corrected chi connectivity index (χ4v) is 2.78. The van der Waals surface area contributed by atoms with Crippen LogP contribution in [0.1, 0.15) is 11.3 Å². The van der Waals surface area contributed by atoms with Crippen LogP contribution < -0.4 is 5.73 Å². The molecule has 1 aliphatic rings. The number of rotatable bonds is 2. The van der Waals surface area contributed by atoms with E-state index < -0.39 is 0 Å². The van der Waals surface area contributed by atoms with Gasteiger partial charge in [-0.2, -0.15) is 0 Å². The van der Waals surface area contributed by atoms with Crippen molar-refractivity contribution < 1.29 is 0 Å². The number of nitrogens with zero attached hydrogens (tertiary/aromatic N) is 1. The summed E-state index contributed by atoms with van der Waals surface area (Å²) in [7, 11) is 0. The van der Waals surface area contributed by atoms with Gasteiger partial charge in [0.25, 0.3) is 0 Å². The molecule has 72 valence electrons. The molecule has 1 fully saturated rings. The summed E-state index contributed by atoms with van der Waals surface area (Å²) in [5, 5.41) is 2.93. The van der Waals surface area contributed by atoms with E-state index in [9.17, 15) is 0 Å². The van der Waals surface area contributed by atoms with E-state index in [-0.39, 0.29) is 0 Å². The number of likely N-dealkylation sites (tertiary alicyclic amines) is 1. The number of halogens is 1. The second-order valence-electron chi connectivity index (χ2n) is 3.48. The largest absolute Gasteiger partial charge is 0.326 e. The highest BCUT2D eigenvalue weighted by Crippen LogP contribution is 2.24. The summed E-state index contributed by atoms with van der Waals surface area (Å²) in [5.74, 6) is 0. The third-order valence-electron chi connectivity index (χ3n) is 2.37. The van der Waals surface area contributed by atoms with Gasteiger partial charge < -0.3 is 5.73 Å². The Kier molecular flexibility index (Phi) is 2.89. The third-order valence-corrected chi connectivity index (χ3v) is 3.74. The Balaban J connectivity index is 1.95. The monoisotopic (exact) mass is 216 g/mol. The van der Waals surface area contributed by atoms with Crippen LogP contribution in [-0.2, 0) is 6.54 Å². The summed E-state index contributed by atoms with van der Waals surface area (Å²) in [6, 6.07) is 2.32. The lowest BCUT2D eigenvalue weighted by Crippen LogP contribution is -2.25. The molecule has 1 aromatic rings. The lowest BCUT2D eigenvalue weighted by Gasteiger charge is -2.13. The van der Waals surface area contributed by atoms with Gasteiger partial charge in [0.2, 0.25) is 0 Å². The van der Waals surface area contributed by atoms with Crippen LogP contribution in [-0.4, -0.2) is 24.0 Å². The quantitative estimate of drug-likeness (QED) is 0.819. The van der Waals surface area contributed by atoms with Gasteiger partial charge in [-0.05, 0) is 17.9 Å². The maximum atomic E-state index is 6.01. The van der Waals surface area contributed by atoms with E-state index in [4.69, 9.17) is 17.3 Å². The van der Waals surface area contributed by atoms with Crippen molar-refractivity contribution in [1.82, 2.24) is 4.90 Å². The molecule has 2 N–H and O–H groups in total. The number of nitrogens with two attached hydrogens (primary N) is 1. The van der Waals surface area contributed by atoms with Gasteiger partial charge in [0.1, 0.15) is 0 Å². The molecule has 0 bridgehead atoms. The molecule has 2 nitrogen and oxygen atoms in total. The summed E-state index contributed by atoms with van der Waals surface area (Å²) in [6.07, 6.45) is 1.11. The highest BCUT2D eigenvalue weighted by Gasteiger charge is 2.19. The SMILES string of the molecule is NC1CCN(Cc2sccc2Cl)C1. The van der Waals surface area contributed by atoms with Gasteiger partial charge in [0.15, 0.2) is 0 Å². The molecule has 0 aliphatic carbocycles. The van der Waals surface area contributed by atoms with Crippen LogP contribution >= 0.6 is 22.9 Å². The Morgan fingerprint density at radius 3 is 3.08 bits per heavy atom. The second kappa shape index (κ2) is 3.96. The zero-order chi connectivity index (χ0) is 9.26. The smallest absolute Gasteiger partial charge is 0.0558 e. The third kappa shape index (κ3) is 2.23. The van der Waals surface area contributed by atoms with Gasteiger partial charge in [0.05, 0.1) is 5.02 Å². The Hall–Kier alpha value is -0.0900. The molecule has 0 aromatic carbocycles. The Bertz CT molecular complexity index is 287. The lowest BCUT2D eigenvalue weighted by molar-refractivity contribution is 0.330. The zero-order valence-corrected chi connectivity index (χ0v) is 8.94. The molecule has 0 radical (unpaired) electrons. The van der Waals surface area contributed by atoms with Gasteiger partial charge >= 0.3 is 0 Å². The van der Waals surface area contributed by atoms with Crippen LogP contribution in [0.15, 0.2) is 11.4 Å². The standard InChI is InChI=1S/C9H13ClN2S/c10-8-2-4-13-9(8)6-12-3-1-7(11)5-12/h2,4,7H,1,3,5-6,11H2. The highest BCUT2D eigenvalue weighted by molar-refractivity contribution is 7.10. The summed E-state index contributed by atoms with van der Waals surface area (Å²) in [5.41, 5.74) is 5.82. The molecule has 1 saturated heterocycles. The van der Waals surface area contributed by atoms with E-state index in [0.29, 0.717) is 6.04 Å². The second-order valence-corrected chi connectivity index (χ2v) is 4.88. The first-order valence-corrected chi connectivity index (χ1v) is 5.71. The molecule has 1 aliphatic heterocycles. The van der Waals surface area contributed by atoms with Gasteiger partial charge in [-0.15, -0.1) is 11.3 Å². The predicted octanol–water partition coefficient (Wildman–Crippen LogP) is 1.93. The lowest BCUT2D eigenvalue weighted by atomic mass is 10.3. The zero-order valence-electron chi connectivity index (χ0n) is 7.37. The topological polar surface area (TPSA) is 29.3 Å². The molecule has 2 heterocycles. The van der Waals surface area contributed by atoms with Gasteiger partial charge in [0, 0.05) is 30.6 Å². The van der Waals surface area contributed by atoms with Gasteiger partial charge in [-0.1, -0.05) is 11.6 Å². The van der Waals surface area contributed by atoms with Crippen LogP contribution in [0.3, 0.4) is 0 Å². The summed E-state index contributed by atoms with van der Waals surface area (Å²) >= 11 is 7.73. The average molecular weight is 217 g/mol. The van der Waals surface area contributed by atoms with Crippen LogP contribution in [0.25, 0.3) is 0 Å². The number of hydrogen-bond acceptors (Lipinski definition) is 3. The fourth-order valence-electron chi connectivity index (χ4n) is 1.65. The maximum absolute atomic E-state index is 6.01. The van der Waals surface area contributed by atoms with E-state index in [2.05, 4.69) is 4.90 Å². The van der Waals surface area contributed by atoms with Crippen molar-refractivity contribution in [1.29, 1.82) is 0 Å². The van der Waals surface area contributed by atoms with Crippen molar-refractivity contribution in [2.45, 2.75) is 19.0 Å². The Labute approximate surface area is 87.3 Å². The van der Waals surface area contributed by atoms with Gasteiger partial charge in [-0.3, -0.25) is 4.90 Å². The Morgan fingerprint density at radius 1 is 1.69 bits per heavy atom. The summed E-state index contributed by atoms with van der Waals surface area (Å²) < 4.78 is 0. The molecule has 1 atom stereocenters. The molecule has 2 rings (SSSR count). The van der Waals surface area contributed by atoms with E-state index in [0.717, 1.165) is 31.1 Å². The van der Waals surface area contributed by atoms with Crippen molar-refractivity contribution in [2.24, 2.45) is 5.73 Å². The van der Waals surface area contributed by atoms with Crippen LogP contribution in [0.2, 0.25) is 5.02 Å². The number of thiophene rings is 1. The highest BCUT2D eigenvalue weighted by atomic mass is 35.5. The van der Waals surface area contributed by atoms with Crippen molar-refractivity contribution in [3.8, 4) is 0 Å². The molecule has 1 unspecified atom stereocenters. The summed E-state index contributed by atoms with van der Waals surface area (Å²) in [4.78, 5) is 3.62. The molecular formula is C9H13ClN2S. The fraction of sp³-hybridized carbons (Fsp3) is 0.556.